The molecule has 0 bridgehead atoms. The highest BCUT2D eigenvalue weighted by molar-refractivity contribution is 5.85. The Morgan fingerprint density at radius 2 is 1.81 bits per heavy atom. The summed E-state index contributed by atoms with van der Waals surface area (Å²) in [5.41, 5.74) is 5.33. The lowest BCUT2D eigenvalue weighted by Crippen LogP contribution is -2.01. The van der Waals surface area contributed by atoms with E-state index in [1.54, 1.807) is 0 Å². The molecule has 0 fully saturated rings. The van der Waals surface area contributed by atoms with Crippen LogP contribution < -0.4 is 10.5 Å². The molecule has 5 heteroatoms. The summed E-state index contributed by atoms with van der Waals surface area (Å²) in [6, 6.07) is 3.53. The van der Waals surface area contributed by atoms with E-state index in [2.05, 4.69) is 0 Å². The lowest BCUT2D eigenvalue weighted by molar-refractivity contribution is 0.303. The number of rotatable bonds is 6. The van der Waals surface area contributed by atoms with Gasteiger partial charge in [0.25, 0.3) is 0 Å². The summed E-state index contributed by atoms with van der Waals surface area (Å²) in [4.78, 5) is 0. The topological polar surface area (TPSA) is 35.2 Å². The van der Waals surface area contributed by atoms with Crippen LogP contribution in [-0.2, 0) is 0 Å². The number of hydrogen-bond donors (Lipinski definition) is 1. The first-order valence-electron chi connectivity index (χ1n) is 5.02. The first-order chi connectivity index (χ1) is 7.24. The van der Waals surface area contributed by atoms with Crippen LogP contribution in [0.3, 0.4) is 0 Å². The minimum atomic E-state index is -0.880. The number of unbranched alkanes of at least 4 members (excludes halogenated alkanes) is 2. The van der Waals surface area contributed by atoms with E-state index in [9.17, 15) is 8.78 Å². The minimum Gasteiger partial charge on any atom is -0.493 e. The zero-order valence-corrected chi connectivity index (χ0v) is 9.73. The summed E-state index contributed by atoms with van der Waals surface area (Å²) >= 11 is 0. The van der Waals surface area contributed by atoms with Crippen LogP contribution in [0, 0.1) is 11.6 Å². The standard InChI is InChI=1S/C11H15F2NO.ClH/c12-10-5-4-9(8-11(10)13)15-7-3-1-2-6-14;/h4-5,8H,1-3,6-7,14H2;1H. The summed E-state index contributed by atoms with van der Waals surface area (Å²) < 4.78 is 30.5. The Morgan fingerprint density at radius 3 is 2.44 bits per heavy atom. The lowest BCUT2D eigenvalue weighted by atomic mass is 10.2. The molecule has 2 nitrogen and oxygen atoms in total. The average molecular weight is 252 g/mol. The minimum absolute atomic E-state index is 0. The van der Waals surface area contributed by atoms with Gasteiger partial charge in [0.05, 0.1) is 6.61 Å². The van der Waals surface area contributed by atoms with E-state index < -0.39 is 11.6 Å². The second kappa shape index (κ2) is 8.30. The van der Waals surface area contributed by atoms with Crippen molar-refractivity contribution >= 4 is 12.4 Å². The van der Waals surface area contributed by atoms with Crippen molar-refractivity contribution in [1.29, 1.82) is 0 Å². The molecule has 0 atom stereocenters. The van der Waals surface area contributed by atoms with Crippen LogP contribution in [0.25, 0.3) is 0 Å². The molecule has 0 saturated heterocycles. The highest BCUT2D eigenvalue weighted by atomic mass is 35.5. The molecule has 0 aromatic heterocycles. The van der Waals surface area contributed by atoms with Gasteiger partial charge in [-0.3, -0.25) is 0 Å². The number of ether oxygens (including phenoxy) is 1. The highest BCUT2D eigenvalue weighted by Crippen LogP contribution is 2.15. The predicted molar refractivity (Wildman–Crippen MR) is 62.0 cm³/mol. The van der Waals surface area contributed by atoms with Crippen molar-refractivity contribution < 1.29 is 13.5 Å². The van der Waals surface area contributed by atoms with Crippen molar-refractivity contribution in [3.63, 3.8) is 0 Å². The van der Waals surface area contributed by atoms with Crippen LogP contribution in [-0.4, -0.2) is 13.2 Å². The Balaban J connectivity index is 0.00000225. The van der Waals surface area contributed by atoms with Crippen LogP contribution in [0.15, 0.2) is 18.2 Å². The molecule has 1 aromatic rings. The van der Waals surface area contributed by atoms with E-state index in [0.717, 1.165) is 31.4 Å². The van der Waals surface area contributed by atoms with Gasteiger partial charge in [-0.05, 0) is 37.9 Å². The maximum Gasteiger partial charge on any atom is 0.162 e. The average Bonchev–Trinajstić information content (AvgIpc) is 2.23. The molecule has 0 radical (unpaired) electrons. The van der Waals surface area contributed by atoms with Gasteiger partial charge in [0.15, 0.2) is 11.6 Å². The first-order valence-corrected chi connectivity index (χ1v) is 5.02. The molecule has 0 aliphatic carbocycles. The zero-order chi connectivity index (χ0) is 11.1. The van der Waals surface area contributed by atoms with Gasteiger partial charge in [0.1, 0.15) is 5.75 Å². The summed E-state index contributed by atoms with van der Waals surface area (Å²) in [5.74, 6) is -1.37. The van der Waals surface area contributed by atoms with Crippen molar-refractivity contribution in [2.75, 3.05) is 13.2 Å². The largest absolute Gasteiger partial charge is 0.493 e. The van der Waals surface area contributed by atoms with Gasteiger partial charge in [0, 0.05) is 6.07 Å². The zero-order valence-electron chi connectivity index (χ0n) is 8.92. The van der Waals surface area contributed by atoms with Gasteiger partial charge >= 0.3 is 0 Å². The quantitative estimate of drug-likeness (QED) is 0.789. The Hall–Kier alpha value is -0.870. The van der Waals surface area contributed by atoms with Crippen LogP contribution in [0.4, 0.5) is 8.78 Å². The number of hydrogen-bond acceptors (Lipinski definition) is 2. The molecule has 0 saturated carbocycles. The fraction of sp³-hybridized carbons (Fsp3) is 0.455. The molecule has 0 spiro atoms. The molecule has 0 aliphatic rings. The van der Waals surface area contributed by atoms with Crippen LogP contribution >= 0.6 is 12.4 Å². The van der Waals surface area contributed by atoms with E-state index in [0.29, 0.717) is 18.9 Å². The van der Waals surface area contributed by atoms with Crippen molar-refractivity contribution in [3.8, 4) is 5.75 Å². The van der Waals surface area contributed by atoms with E-state index >= 15 is 0 Å². The molecular weight excluding hydrogens is 236 g/mol. The number of nitrogens with two attached hydrogens (primary N) is 1. The summed E-state index contributed by atoms with van der Waals surface area (Å²) in [5, 5.41) is 0. The second-order valence-electron chi connectivity index (χ2n) is 3.27. The van der Waals surface area contributed by atoms with Crippen LogP contribution in [0.2, 0.25) is 0 Å². The SMILES string of the molecule is Cl.NCCCCCOc1ccc(F)c(F)c1. The highest BCUT2D eigenvalue weighted by Gasteiger charge is 2.02. The van der Waals surface area contributed by atoms with E-state index in [4.69, 9.17) is 10.5 Å². The monoisotopic (exact) mass is 251 g/mol. The molecule has 2 N–H and O–H groups in total. The van der Waals surface area contributed by atoms with E-state index in [1.165, 1.54) is 6.07 Å². The van der Waals surface area contributed by atoms with E-state index in [-0.39, 0.29) is 12.4 Å². The van der Waals surface area contributed by atoms with Crippen molar-refractivity contribution in [2.45, 2.75) is 19.3 Å². The van der Waals surface area contributed by atoms with Gasteiger partial charge in [-0.2, -0.15) is 0 Å². The maximum atomic E-state index is 12.7. The Morgan fingerprint density at radius 1 is 1.06 bits per heavy atom. The van der Waals surface area contributed by atoms with Crippen LogP contribution in [0.1, 0.15) is 19.3 Å². The van der Waals surface area contributed by atoms with Gasteiger partial charge in [-0.1, -0.05) is 0 Å². The van der Waals surface area contributed by atoms with Gasteiger partial charge in [0.2, 0.25) is 0 Å². The van der Waals surface area contributed by atoms with Gasteiger partial charge in [-0.15, -0.1) is 12.4 Å². The molecule has 0 unspecified atom stereocenters. The molecule has 0 heterocycles. The van der Waals surface area contributed by atoms with Crippen LogP contribution in [0.5, 0.6) is 5.75 Å². The number of benzene rings is 1. The third kappa shape index (κ3) is 5.28. The van der Waals surface area contributed by atoms with Crippen molar-refractivity contribution in [2.24, 2.45) is 5.73 Å². The summed E-state index contributed by atoms with van der Waals surface area (Å²) in [6.45, 7) is 1.18. The molecule has 92 valence electrons. The Kier molecular flexibility index (Phi) is 7.85. The molecular formula is C11H16ClF2NO. The third-order valence-corrected chi connectivity index (χ3v) is 2.01. The van der Waals surface area contributed by atoms with Crippen molar-refractivity contribution in [1.82, 2.24) is 0 Å². The molecule has 0 aliphatic heterocycles. The molecule has 1 rings (SSSR count). The van der Waals surface area contributed by atoms with E-state index in [1.807, 2.05) is 0 Å². The van der Waals surface area contributed by atoms with Crippen molar-refractivity contribution in [3.05, 3.63) is 29.8 Å². The molecule has 1 aromatic carbocycles. The second-order valence-corrected chi connectivity index (χ2v) is 3.27. The van der Waals surface area contributed by atoms with Gasteiger partial charge in [-0.25, -0.2) is 8.78 Å². The molecule has 16 heavy (non-hydrogen) atoms. The fourth-order valence-corrected chi connectivity index (χ4v) is 1.18. The summed E-state index contributed by atoms with van der Waals surface area (Å²) in [7, 11) is 0. The Labute approximate surface area is 100 Å². The van der Waals surface area contributed by atoms with Gasteiger partial charge < -0.3 is 10.5 Å². The smallest absolute Gasteiger partial charge is 0.162 e. The fourth-order valence-electron chi connectivity index (χ4n) is 1.18. The maximum absolute atomic E-state index is 12.7. The normalized spacial score (nSPS) is 9.69. The molecule has 0 amide bonds. The number of halogens is 3. The lowest BCUT2D eigenvalue weighted by Gasteiger charge is -2.05. The summed E-state index contributed by atoms with van der Waals surface area (Å²) in [6.07, 6.45) is 2.82. The Bertz CT molecular complexity index is 310. The predicted octanol–water partition coefficient (Wildman–Crippen LogP) is 2.89. The third-order valence-electron chi connectivity index (χ3n) is 2.01. The first kappa shape index (κ1) is 15.1.